The standard InChI is InChI=1S/C10H9N3O2/c1-15-10(14)7-2-4-11-9(6-7)8-3-5-12-13-8/h2-6H,1H3,(H,12,13). The van der Waals surface area contributed by atoms with Gasteiger partial charge in [-0.05, 0) is 18.2 Å². The molecule has 0 amide bonds. The molecule has 0 aliphatic heterocycles. The van der Waals surface area contributed by atoms with Gasteiger partial charge in [-0.2, -0.15) is 5.10 Å². The monoisotopic (exact) mass is 203 g/mol. The van der Waals surface area contributed by atoms with Crippen LogP contribution in [0.3, 0.4) is 0 Å². The van der Waals surface area contributed by atoms with Crippen molar-refractivity contribution in [2.45, 2.75) is 0 Å². The van der Waals surface area contributed by atoms with Crippen LogP contribution in [0.4, 0.5) is 0 Å². The van der Waals surface area contributed by atoms with E-state index in [0.717, 1.165) is 5.69 Å². The first-order chi connectivity index (χ1) is 7.31. The van der Waals surface area contributed by atoms with Crippen molar-refractivity contribution in [3.63, 3.8) is 0 Å². The SMILES string of the molecule is COC(=O)c1ccnc(-c2ccn[nH]2)c1. The lowest BCUT2D eigenvalue weighted by molar-refractivity contribution is 0.0600. The van der Waals surface area contributed by atoms with E-state index in [0.29, 0.717) is 11.3 Å². The smallest absolute Gasteiger partial charge is 0.337 e. The highest BCUT2D eigenvalue weighted by Gasteiger charge is 2.07. The number of methoxy groups -OCH3 is 1. The number of aromatic nitrogens is 3. The molecule has 5 heteroatoms. The van der Waals surface area contributed by atoms with Crippen LogP contribution in [0.15, 0.2) is 30.6 Å². The van der Waals surface area contributed by atoms with Gasteiger partial charge in [0.2, 0.25) is 0 Å². The number of H-pyrrole nitrogens is 1. The summed E-state index contributed by atoms with van der Waals surface area (Å²) < 4.78 is 4.62. The van der Waals surface area contributed by atoms with Crippen LogP contribution in [-0.4, -0.2) is 28.3 Å². The van der Waals surface area contributed by atoms with Crippen LogP contribution in [0.5, 0.6) is 0 Å². The summed E-state index contributed by atoms with van der Waals surface area (Å²) in [6.45, 7) is 0. The van der Waals surface area contributed by atoms with Crippen molar-refractivity contribution in [2.75, 3.05) is 7.11 Å². The van der Waals surface area contributed by atoms with Crippen LogP contribution in [0, 0.1) is 0 Å². The summed E-state index contributed by atoms with van der Waals surface area (Å²) in [7, 11) is 1.35. The molecule has 0 aliphatic rings. The number of nitrogens with one attached hydrogen (secondary N) is 1. The maximum atomic E-state index is 11.3. The summed E-state index contributed by atoms with van der Waals surface area (Å²) in [5.74, 6) is -0.377. The van der Waals surface area contributed by atoms with Crippen LogP contribution >= 0.6 is 0 Å². The van der Waals surface area contributed by atoms with E-state index in [-0.39, 0.29) is 5.97 Å². The Balaban J connectivity index is 2.39. The molecule has 0 spiro atoms. The molecule has 0 bridgehead atoms. The van der Waals surface area contributed by atoms with E-state index in [1.54, 1.807) is 30.6 Å². The summed E-state index contributed by atoms with van der Waals surface area (Å²) in [6, 6.07) is 5.04. The quantitative estimate of drug-likeness (QED) is 0.746. The Bertz CT molecular complexity index is 465. The average molecular weight is 203 g/mol. The Hall–Kier alpha value is -2.17. The maximum absolute atomic E-state index is 11.3. The van der Waals surface area contributed by atoms with Gasteiger partial charge in [-0.25, -0.2) is 4.79 Å². The summed E-state index contributed by atoms with van der Waals surface area (Å²) in [6.07, 6.45) is 3.18. The van der Waals surface area contributed by atoms with E-state index in [1.165, 1.54) is 7.11 Å². The molecule has 2 aromatic rings. The minimum atomic E-state index is -0.377. The molecule has 1 N–H and O–H groups in total. The Labute approximate surface area is 86.1 Å². The van der Waals surface area contributed by atoms with E-state index >= 15 is 0 Å². The summed E-state index contributed by atoms with van der Waals surface area (Å²) >= 11 is 0. The minimum absolute atomic E-state index is 0.377. The van der Waals surface area contributed by atoms with Crippen LogP contribution in [0.25, 0.3) is 11.4 Å². The van der Waals surface area contributed by atoms with Crippen molar-refractivity contribution in [1.29, 1.82) is 0 Å². The number of pyridine rings is 1. The van der Waals surface area contributed by atoms with Crippen molar-refractivity contribution in [2.24, 2.45) is 0 Å². The van der Waals surface area contributed by atoms with Gasteiger partial charge < -0.3 is 4.74 Å². The van der Waals surface area contributed by atoms with Crippen LogP contribution in [0.1, 0.15) is 10.4 Å². The summed E-state index contributed by atoms with van der Waals surface area (Å²) in [4.78, 5) is 15.4. The number of hydrogen-bond acceptors (Lipinski definition) is 4. The van der Waals surface area contributed by atoms with Crippen molar-refractivity contribution in [1.82, 2.24) is 15.2 Å². The molecule has 0 saturated heterocycles. The molecule has 2 heterocycles. The van der Waals surface area contributed by atoms with Gasteiger partial charge in [0.25, 0.3) is 0 Å². The second-order valence-electron chi connectivity index (χ2n) is 2.89. The van der Waals surface area contributed by atoms with Gasteiger partial charge in [-0.15, -0.1) is 0 Å². The first-order valence-electron chi connectivity index (χ1n) is 4.35. The van der Waals surface area contributed by atoms with E-state index in [9.17, 15) is 4.79 Å². The Morgan fingerprint density at radius 2 is 2.27 bits per heavy atom. The summed E-state index contributed by atoms with van der Waals surface area (Å²) in [5, 5.41) is 6.59. The highest BCUT2D eigenvalue weighted by atomic mass is 16.5. The van der Waals surface area contributed by atoms with Gasteiger partial charge in [0.1, 0.15) is 0 Å². The third-order valence-electron chi connectivity index (χ3n) is 1.96. The number of carbonyl (C=O) groups excluding carboxylic acids is 1. The number of ether oxygens (including phenoxy) is 1. The van der Waals surface area contributed by atoms with Gasteiger partial charge in [-0.1, -0.05) is 0 Å². The molecular formula is C10H9N3O2. The lowest BCUT2D eigenvalue weighted by Gasteiger charge is -2.00. The topological polar surface area (TPSA) is 67.9 Å². The van der Waals surface area contributed by atoms with Crippen molar-refractivity contribution in [3.05, 3.63) is 36.2 Å². The zero-order chi connectivity index (χ0) is 10.7. The maximum Gasteiger partial charge on any atom is 0.337 e. The predicted octanol–water partition coefficient (Wildman–Crippen LogP) is 1.26. The highest BCUT2D eigenvalue weighted by Crippen LogP contribution is 2.14. The zero-order valence-corrected chi connectivity index (χ0v) is 8.10. The van der Waals surface area contributed by atoms with Gasteiger partial charge in [-0.3, -0.25) is 10.1 Å². The molecule has 5 nitrogen and oxygen atoms in total. The molecule has 0 aliphatic carbocycles. The number of carbonyl (C=O) groups is 1. The molecule has 0 saturated carbocycles. The summed E-state index contributed by atoms with van der Waals surface area (Å²) in [5.41, 5.74) is 1.90. The molecule has 15 heavy (non-hydrogen) atoms. The van der Waals surface area contributed by atoms with Gasteiger partial charge in [0, 0.05) is 12.4 Å². The fourth-order valence-electron chi connectivity index (χ4n) is 1.22. The van der Waals surface area contributed by atoms with Crippen molar-refractivity contribution < 1.29 is 9.53 Å². The van der Waals surface area contributed by atoms with Crippen LogP contribution in [0.2, 0.25) is 0 Å². The fourth-order valence-corrected chi connectivity index (χ4v) is 1.22. The first kappa shape index (κ1) is 9.39. The second-order valence-corrected chi connectivity index (χ2v) is 2.89. The molecule has 2 aromatic heterocycles. The molecule has 76 valence electrons. The number of hydrogen-bond donors (Lipinski definition) is 1. The number of rotatable bonds is 2. The molecule has 0 atom stereocenters. The van der Waals surface area contributed by atoms with E-state index in [1.807, 2.05) is 0 Å². The van der Waals surface area contributed by atoms with Gasteiger partial charge >= 0.3 is 5.97 Å². The largest absolute Gasteiger partial charge is 0.465 e. The minimum Gasteiger partial charge on any atom is -0.465 e. The second kappa shape index (κ2) is 3.91. The van der Waals surface area contributed by atoms with Crippen LogP contribution < -0.4 is 0 Å². The molecule has 0 aromatic carbocycles. The Kier molecular flexibility index (Phi) is 2.45. The molecule has 0 radical (unpaired) electrons. The van der Waals surface area contributed by atoms with Gasteiger partial charge in [0.05, 0.1) is 24.1 Å². The predicted molar refractivity (Wildman–Crippen MR) is 53.2 cm³/mol. The number of esters is 1. The Morgan fingerprint density at radius 3 is 2.93 bits per heavy atom. The number of nitrogens with zero attached hydrogens (tertiary/aromatic N) is 2. The lowest BCUT2D eigenvalue weighted by atomic mass is 10.2. The Morgan fingerprint density at radius 1 is 1.40 bits per heavy atom. The average Bonchev–Trinajstić information content (AvgIpc) is 2.82. The van der Waals surface area contributed by atoms with E-state index in [2.05, 4.69) is 19.9 Å². The van der Waals surface area contributed by atoms with E-state index in [4.69, 9.17) is 0 Å². The first-order valence-corrected chi connectivity index (χ1v) is 4.35. The third-order valence-corrected chi connectivity index (χ3v) is 1.96. The molecule has 0 unspecified atom stereocenters. The zero-order valence-electron chi connectivity index (χ0n) is 8.10. The van der Waals surface area contributed by atoms with Crippen LogP contribution in [-0.2, 0) is 4.74 Å². The lowest BCUT2D eigenvalue weighted by Crippen LogP contribution is -2.01. The normalized spacial score (nSPS) is 9.93. The van der Waals surface area contributed by atoms with E-state index < -0.39 is 0 Å². The number of aromatic amines is 1. The van der Waals surface area contributed by atoms with Crippen molar-refractivity contribution >= 4 is 5.97 Å². The third kappa shape index (κ3) is 1.85. The van der Waals surface area contributed by atoms with Gasteiger partial charge in [0.15, 0.2) is 0 Å². The molecular weight excluding hydrogens is 194 g/mol. The molecule has 2 rings (SSSR count). The highest BCUT2D eigenvalue weighted by molar-refractivity contribution is 5.90. The molecule has 0 fully saturated rings. The van der Waals surface area contributed by atoms with Crippen molar-refractivity contribution in [3.8, 4) is 11.4 Å². The fraction of sp³-hybridized carbons (Fsp3) is 0.100.